The van der Waals surface area contributed by atoms with Gasteiger partial charge in [-0.2, -0.15) is 4.57 Å². The monoisotopic (exact) mass is 382 g/mol. The van der Waals surface area contributed by atoms with Crippen molar-refractivity contribution < 1.29 is 18.1 Å². The minimum absolute atomic E-state index is 0.418. The summed E-state index contributed by atoms with van der Waals surface area (Å²) in [6.07, 6.45) is 0.914. The number of phosphoric ester groups is 1. The third-order valence-corrected chi connectivity index (χ3v) is 5.33. The van der Waals surface area contributed by atoms with Crippen molar-refractivity contribution >= 4 is 7.82 Å². The number of hydrogen-bond acceptors (Lipinski definition) is 4. The quantitative estimate of drug-likeness (QED) is 0.437. The molecule has 27 heavy (non-hydrogen) atoms. The van der Waals surface area contributed by atoms with Crippen LogP contribution in [0, 0.1) is 13.8 Å². The normalized spacial score (nSPS) is 11.1. The van der Waals surface area contributed by atoms with Gasteiger partial charge in [0.05, 0.1) is 0 Å². The molecule has 0 amide bonds. The Kier molecular flexibility index (Phi) is 5.88. The van der Waals surface area contributed by atoms with Crippen LogP contribution in [-0.4, -0.2) is 0 Å². The van der Waals surface area contributed by atoms with Crippen molar-refractivity contribution in [1.82, 2.24) is 0 Å². The highest BCUT2D eigenvalue weighted by atomic mass is 31.2. The largest absolute Gasteiger partial charge is 0.647 e. The van der Waals surface area contributed by atoms with E-state index in [1.54, 1.807) is 36.4 Å². The molecule has 0 heterocycles. The molecule has 0 saturated heterocycles. The van der Waals surface area contributed by atoms with Crippen molar-refractivity contribution in [3.63, 3.8) is 0 Å². The van der Waals surface area contributed by atoms with Gasteiger partial charge in [0.1, 0.15) is 17.2 Å². The van der Waals surface area contributed by atoms with Crippen LogP contribution in [-0.2, 0) is 11.0 Å². The SMILES string of the molecule is CCc1ccc(OP(=O)(Oc2ccc(C)cc2)Oc2ccc(C)cc2)cc1. The lowest BCUT2D eigenvalue weighted by Crippen LogP contribution is -2.07. The van der Waals surface area contributed by atoms with E-state index < -0.39 is 7.82 Å². The van der Waals surface area contributed by atoms with Gasteiger partial charge in [-0.1, -0.05) is 54.4 Å². The second kappa shape index (κ2) is 8.32. The van der Waals surface area contributed by atoms with Gasteiger partial charge in [0.25, 0.3) is 0 Å². The predicted molar refractivity (Wildman–Crippen MR) is 108 cm³/mol. The molecule has 3 rings (SSSR count). The lowest BCUT2D eigenvalue weighted by Gasteiger charge is -2.19. The van der Waals surface area contributed by atoms with Gasteiger partial charge in [0, 0.05) is 0 Å². The molecule has 5 heteroatoms. The molecule has 0 saturated carbocycles. The molecular formula is C22H23O4P. The summed E-state index contributed by atoms with van der Waals surface area (Å²) in [5.41, 5.74) is 3.32. The van der Waals surface area contributed by atoms with Crippen molar-refractivity contribution in [3.8, 4) is 17.2 Å². The Morgan fingerprint density at radius 1 is 0.630 bits per heavy atom. The molecule has 0 aliphatic carbocycles. The molecule has 140 valence electrons. The number of phosphoric acid groups is 1. The minimum Gasteiger partial charge on any atom is -0.386 e. The van der Waals surface area contributed by atoms with Gasteiger partial charge < -0.3 is 13.6 Å². The van der Waals surface area contributed by atoms with E-state index in [1.807, 2.05) is 50.2 Å². The van der Waals surface area contributed by atoms with Crippen molar-refractivity contribution in [3.05, 3.63) is 89.5 Å². The minimum atomic E-state index is -3.94. The number of rotatable bonds is 7. The Morgan fingerprint density at radius 2 is 0.963 bits per heavy atom. The summed E-state index contributed by atoms with van der Waals surface area (Å²) in [7, 11) is -3.94. The smallest absolute Gasteiger partial charge is 0.386 e. The second-order valence-electron chi connectivity index (χ2n) is 6.34. The molecule has 0 bridgehead atoms. The van der Waals surface area contributed by atoms with E-state index in [9.17, 15) is 4.57 Å². The second-order valence-corrected chi connectivity index (χ2v) is 7.79. The lowest BCUT2D eigenvalue weighted by molar-refractivity contribution is 0.298. The fourth-order valence-electron chi connectivity index (χ4n) is 2.43. The molecule has 4 nitrogen and oxygen atoms in total. The number of aryl methyl sites for hydroxylation is 3. The average Bonchev–Trinajstić information content (AvgIpc) is 2.66. The zero-order valence-corrected chi connectivity index (χ0v) is 16.6. The molecule has 3 aromatic carbocycles. The third-order valence-electron chi connectivity index (χ3n) is 4.03. The first-order valence-electron chi connectivity index (χ1n) is 8.87. The Balaban J connectivity index is 1.87. The molecule has 3 aromatic rings. The molecular weight excluding hydrogens is 359 g/mol. The molecule has 0 atom stereocenters. The predicted octanol–water partition coefficient (Wildman–Crippen LogP) is 6.51. The first-order chi connectivity index (χ1) is 13.0. The Labute approximate surface area is 160 Å². The van der Waals surface area contributed by atoms with E-state index in [-0.39, 0.29) is 0 Å². The Hall–Kier alpha value is -2.71. The van der Waals surface area contributed by atoms with E-state index in [0.29, 0.717) is 17.2 Å². The molecule has 0 fully saturated rings. The molecule has 0 aromatic heterocycles. The van der Waals surface area contributed by atoms with Crippen LogP contribution in [0.15, 0.2) is 72.8 Å². The molecule has 0 N–H and O–H groups in total. The number of benzene rings is 3. The molecule has 0 spiro atoms. The highest BCUT2D eigenvalue weighted by Crippen LogP contribution is 2.49. The maximum Gasteiger partial charge on any atom is 0.647 e. The first-order valence-corrected chi connectivity index (χ1v) is 10.3. The summed E-state index contributed by atoms with van der Waals surface area (Å²) in [5, 5.41) is 0. The zero-order valence-electron chi connectivity index (χ0n) is 15.7. The van der Waals surface area contributed by atoms with Crippen LogP contribution in [0.5, 0.6) is 17.2 Å². The Morgan fingerprint density at radius 3 is 1.30 bits per heavy atom. The molecule has 0 aliphatic heterocycles. The van der Waals surface area contributed by atoms with Gasteiger partial charge in [-0.05, 0) is 62.2 Å². The zero-order chi connectivity index (χ0) is 19.3. The highest BCUT2D eigenvalue weighted by Gasteiger charge is 2.33. The standard InChI is InChI=1S/C22H23O4P/c1-4-19-9-15-22(16-10-19)26-27(23,24-20-11-5-17(2)6-12-20)25-21-13-7-18(3)8-14-21/h5-16H,4H2,1-3H3. The van der Waals surface area contributed by atoms with Crippen molar-refractivity contribution in [1.29, 1.82) is 0 Å². The third kappa shape index (κ3) is 5.38. The van der Waals surface area contributed by atoms with Gasteiger partial charge in [-0.3, -0.25) is 0 Å². The van der Waals surface area contributed by atoms with Crippen LogP contribution < -0.4 is 13.6 Å². The summed E-state index contributed by atoms with van der Waals surface area (Å²) in [4.78, 5) is 0. The maximum absolute atomic E-state index is 13.4. The topological polar surface area (TPSA) is 44.8 Å². The van der Waals surface area contributed by atoms with Crippen molar-refractivity contribution in [2.24, 2.45) is 0 Å². The summed E-state index contributed by atoms with van der Waals surface area (Å²) < 4.78 is 30.4. The first kappa shape index (κ1) is 19.1. The number of hydrogen-bond donors (Lipinski definition) is 0. The van der Waals surface area contributed by atoms with Gasteiger partial charge in [-0.25, -0.2) is 0 Å². The van der Waals surface area contributed by atoms with Crippen LogP contribution in [0.25, 0.3) is 0 Å². The van der Waals surface area contributed by atoms with Crippen LogP contribution in [0.2, 0.25) is 0 Å². The fourth-order valence-corrected chi connectivity index (χ4v) is 3.68. The van der Waals surface area contributed by atoms with Crippen molar-refractivity contribution in [2.75, 3.05) is 0 Å². The van der Waals surface area contributed by atoms with Gasteiger partial charge in [-0.15, -0.1) is 0 Å². The molecule has 0 aliphatic rings. The van der Waals surface area contributed by atoms with Gasteiger partial charge >= 0.3 is 7.82 Å². The van der Waals surface area contributed by atoms with Crippen LogP contribution in [0.4, 0.5) is 0 Å². The van der Waals surface area contributed by atoms with Gasteiger partial charge in [0.2, 0.25) is 0 Å². The highest BCUT2D eigenvalue weighted by molar-refractivity contribution is 7.49. The maximum atomic E-state index is 13.4. The Bertz CT molecular complexity index is 865. The summed E-state index contributed by atoms with van der Waals surface area (Å²) >= 11 is 0. The fraction of sp³-hybridized carbons (Fsp3) is 0.182. The molecule has 0 unspecified atom stereocenters. The van der Waals surface area contributed by atoms with E-state index in [4.69, 9.17) is 13.6 Å². The van der Waals surface area contributed by atoms with Gasteiger partial charge in [0.15, 0.2) is 0 Å². The van der Waals surface area contributed by atoms with Crippen molar-refractivity contribution in [2.45, 2.75) is 27.2 Å². The van der Waals surface area contributed by atoms with E-state index in [1.165, 1.54) is 0 Å². The lowest BCUT2D eigenvalue weighted by atomic mass is 10.2. The average molecular weight is 382 g/mol. The summed E-state index contributed by atoms with van der Waals surface area (Å²) in [6, 6.07) is 21.9. The van der Waals surface area contributed by atoms with E-state index >= 15 is 0 Å². The van der Waals surface area contributed by atoms with E-state index in [0.717, 1.165) is 23.1 Å². The molecule has 0 radical (unpaired) electrons. The van der Waals surface area contributed by atoms with E-state index in [2.05, 4.69) is 6.92 Å². The van der Waals surface area contributed by atoms with Crippen LogP contribution >= 0.6 is 7.82 Å². The summed E-state index contributed by atoms with van der Waals surface area (Å²) in [5.74, 6) is 1.26. The van der Waals surface area contributed by atoms with Crippen LogP contribution in [0.1, 0.15) is 23.6 Å². The summed E-state index contributed by atoms with van der Waals surface area (Å²) in [6.45, 7) is 6.01. The van der Waals surface area contributed by atoms with Crippen LogP contribution in [0.3, 0.4) is 0 Å².